The Kier molecular flexibility index (Phi) is 27.6. The summed E-state index contributed by atoms with van der Waals surface area (Å²) in [5.41, 5.74) is 1.62. The van der Waals surface area contributed by atoms with Gasteiger partial charge in [-0.3, -0.25) is 9.59 Å². The monoisotopic (exact) mass is 1180 g/mol. The highest BCUT2D eigenvalue weighted by Crippen LogP contribution is 2.31. The number of carboxylic acid groups (broad SMARTS) is 4. The van der Waals surface area contributed by atoms with Crippen LogP contribution in [0.4, 0.5) is 47.1 Å². The Morgan fingerprint density at radius 2 is 0.866 bits per heavy atom. The van der Waals surface area contributed by atoms with E-state index >= 15 is 0 Å². The second-order valence-electron chi connectivity index (χ2n) is 21.1. The van der Waals surface area contributed by atoms with E-state index in [1.54, 1.807) is 24.0 Å². The number of quaternary nitrogens is 2. The van der Waals surface area contributed by atoms with Gasteiger partial charge >= 0.3 is 23.9 Å². The molecule has 4 fully saturated rings. The van der Waals surface area contributed by atoms with Gasteiger partial charge in [-0.2, -0.15) is 29.9 Å². The molecule has 4 heterocycles. The minimum absolute atomic E-state index is 0.296. The van der Waals surface area contributed by atoms with E-state index in [-0.39, 0.29) is 12.8 Å². The number of anilines is 8. The molecule has 2 aliphatic heterocycles. The van der Waals surface area contributed by atoms with Gasteiger partial charge < -0.3 is 70.8 Å². The fourth-order valence-corrected chi connectivity index (χ4v) is 10.4. The van der Waals surface area contributed by atoms with Crippen molar-refractivity contribution in [1.29, 1.82) is 0 Å². The van der Waals surface area contributed by atoms with E-state index in [1.807, 2.05) is 36.4 Å². The van der Waals surface area contributed by atoms with Crippen molar-refractivity contribution in [2.45, 2.75) is 140 Å². The highest BCUT2D eigenvalue weighted by molar-refractivity contribution is 6.32. The predicted octanol–water partition coefficient (Wildman–Crippen LogP) is 6.70. The maximum absolute atomic E-state index is 9.64. The largest absolute Gasteiger partial charge is 0.495 e. The Morgan fingerprint density at radius 1 is 0.537 bits per heavy atom. The first-order valence-electron chi connectivity index (χ1n) is 28.2. The van der Waals surface area contributed by atoms with Crippen LogP contribution in [0.3, 0.4) is 0 Å². The van der Waals surface area contributed by atoms with E-state index in [2.05, 4.69) is 59.3 Å². The summed E-state index contributed by atoms with van der Waals surface area (Å²) in [4.78, 5) is 74.7. The van der Waals surface area contributed by atoms with Gasteiger partial charge in [0.25, 0.3) is 0 Å². The molecule has 24 nitrogen and oxygen atoms in total. The molecule has 82 heavy (non-hydrogen) atoms. The number of nitrogens with one attached hydrogen (secondary N) is 6. The molecule has 26 heteroatoms. The molecule has 2 saturated carbocycles. The molecule has 10 N–H and O–H groups in total. The first-order chi connectivity index (χ1) is 39.3. The van der Waals surface area contributed by atoms with Crippen molar-refractivity contribution in [2.24, 2.45) is 0 Å². The molecular weight excluding hydrogens is 1100 g/mol. The molecule has 0 bridgehead atoms. The van der Waals surface area contributed by atoms with E-state index in [9.17, 15) is 19.2 Å². The molecular formula is C56H84Cl2N14O10+2. The maximum Gasteiger partial charge on any atom is 0.328 e. The van der Waals surface area contributed by atoms with Crippen molar-refractivity contribution >= 4 is 94.1 Å². The number of hydrogen-bond acceptors (Lipinski definition) is 18. The summed E-state index contributed by atoms with van der Waals surface area (Å²) in [6, 6.07) is 12.8. The Hall–Kier alpha value is -7.02. The number of rotatable bonds is 19. The molecule has 2 saturated heterocycles. The van der Waals surface area contributed by atoms with Crippen LogP contribution in [0, 0.1) is 0 Å². The number of ether oxygens (including phenoxy) is 2. The van der Waals surface area contributed by atoms with Gasteiger partial charge in [0.05, 0.1) is 77.4 Å². The molecule has 4 aromatic rings. The molecule has 4 aliphatic rings. The van der Waals surface area contributed by atoms with Crippen LogP contribution >= 0.6 is 23.2 Å². The van der Waals surface area contributed by atoms with Gasteiger partial charge in [-0.25, -0.2) is 9.59 Å². The summed E-state index contributed by atoms with van der Waals surface area (Å²) >= 11 is 12.7. The van der Waals surface area contributed by atoms with Gasteiger partial charge in [-0.1, -0.05) is 74.6 Å². The molecule has 0 unspecified atom stereocenters. The number of aliphatic carboxylic acids is 4. The smallest absolute Gasteiger partial charge is 0.328 e. The Morgan fingerprint density at radius 3 is 1.16 bits per heavy atom. The normalized spacial score (nSPS) is 19.3. The Bertz CT molecular complexity index is 2500. The summed E-state index contributed by atoms with van der Waals surface area (Å²) in [5.74, 6) is 0.321. The first kappa shape index (κ1) is 65.8. The molecule has 0 radical (unpaired) electrons. The van der Waals surface area contributed by atoms with Gasteiger partial charge in [-0.15, -0.1) is 0 Å². The van der Waals surface area contributed by atoms with Crippen LogP contribution < -0.4 is 50.3 Å². The minimum atomic E-state index is -1.26. The first-order valence-corrected chi connectivity index (χ1v) is 29.0. The van der Waals surface area contributed by atoms with Crippen LogP contribution in [0.15, 0.2) is 48.6 Å². The van der Waals surface area contributed by atoms with Crippen molar-refractivity contribution in [1.82, 2.24) is 29.9 Å². The number of nitrogens with zero attached hydrogens (tertiary/aromatic N) is 8. The number of carboxylic acids is 4. The van der Waals surface area contributed by atoms with Crippen LogP contribution in [0.1, 0.15) is 116 Å². The third-order valence-electron chi connectivity index (χ3n) is 14.7. The third-order valence-corrected chi connectivity index (χ3v) is 15.3. The number of likely N-dealkylation sites (tertiary alicyclic amines) is 2. The maximum atomic E-state index is 9.64. The van der Waals surface area contributed by atoms with Crippen LogP contribution in [0.25, 0.3) is 0 Å². The molecule has 450 valence electrons. The zero-order valence-corrected chi connectivity index (χ0v) is 49.6. The summed E-state index contributed by atoms with van der Waals surface area (Å²) in [6.45, 7) is 4.68. The lowest BCUT2D eigenvalue weighted by Gasteiger charge is -2.33. The van der Waals surface area contributed by atoms with E-state index in [4.69, 9.17) is 83.0 Å². The highest BCUT2D eigenvalue weighted by Gasteiger charge is 2.28. The van der Waals surface area contributed by atoms with Crippen LogP contribution in [-0.2, 0) is 19.2 Å². The molecule has 0 spiro atoms. The molecule has 2 aliphatic carbocycles. The van der Waals surface area contributed by atoms with E-state index in [0.29, 0.717) is 93.6 Å². The number of halogens is 2. The highest BCUT2D eigenvalue weighted by atomic mass is 35.5. The van der Waals surface area contributed by atoms with Crippen molar-refractivity contribution in [3.05, 3.63) is 58.6 Å². The Labute approximate surface area is 490 Å². The van der Waals surface area contributed by atoms with Crippen LogP contribution in [-0.4, -0.2) is 167 Å². The summed E-state index contributed by atoms with van der Waals surface area (Å²) in [6.07, 6.45) is 20.0. The molecule has 8 rings (SSSR count). The fraction of sp³-hybridized carbons (Fsp3) is 0.571. The van der Waals surface area contributed by atoms with Crippen molar-refractivity contribution < 1.29 is 58.9 Å². The Balaban J connectivity index is 0.000000238. The van der Waals surface area contributed by atoms with Gasteiger partial charge in [0, 0.05) is 87.5 Å². The number of aromatic nitrogens is 6. The van der Waals surface area contributed by atoms with Gasteiger partial charge in [0.15, 0.2) is 0 Å². The molecule has 2 aromatic carbocycles. The summed E-state index contributed by atoms with van der Waals surface area (Å²) < 4.78 is 10.5. The number of methoxy groups -OCH3 is 2. The topological polar surface area (TPSA) is 308 Å². The predicted molar refractivity (Wildman–Crippen MR) is 317 cm³/mol. The minimum Gasteiger partial charge on any atom is -0.495 e. The van der Waals surface area contributed by atoms with Gasteiger partial charge in [0.2, 0.25) is 35.7 Å². The number of piperidine rings is 2. The standard InChI is InChI=1S/2C24H36ClN7O.C4H6O4.C4H4O4/c2*1-31-14-12-19(13-15-31)32(2)24-29-22(26-17-8-6-4-5-7-9-17)28-23(30-24)27-18-10-11-21(33-3)20(25)16-18;2*5-3(6)1-2-4(7)8/h2*10-11,16-17,19H,4-9,12-15H2,1-3H3,(H2,26,27,28,29,30);1-2H2,(H,5,6)(H,7,8);1-2H,(H,5,6)(H,7,8)/p+2/b;;;2-1+. The second kappa shape index (κ2) is 34.4. The SMILES string of the molecule is COc1ccc(Nc2nc(NC3CCCCCC3)nc(N(C)C3CC[NH+](C)CC3)n2)cc1Cl.COc1ccc(Nc2nc(NC3CCCCCC3)nc(N(C)C3CC[NH+](C)CC3)n2)cc1Cl.O=C(O)/C=C/C(=O)O.O=C(O)CCC(=O)O. The van der Waals surface area contributed by atoms with E-state index < -0.39 is 23.9 Å². The lowest BCUT2D eigenvalue weighted by Crippen LogP contribution is -3.10. The van der Waals surface area contributed by atoms with Gasteiger partial charge in [-0.05, 0) is 62.1 Å². The molecule has 0 atom stereocenters. The van der Waals surface area contributed by atoms with Gasteiger partial charge in [0.1, 0.15) is 11.5 Å². The van der Waals surface area contributed by atoms with E-state index in [1.165, 1.54) is 77.5 Å². The zero-order chi connectivity index (χ0) is 59.6. The molecule has 2 aromatic heterocycles. The fourth-order valence-electron chi connectivity index (χ4n) is 9.89. The lowest BCUT2D eigenvalue weighted by molar-refractivity contribution is -0.884. The van der Waals surface area contributed by atoms with E-state index in [0.717, 1.165) is 62.7 Å². The summed E-state index contributed by atoms with van der Waals surface area (Å²) in [7, 11) is 11.9. The molecule has 0 amide bonds. The van der Waals surface area contributed by atoms with Crippen molar-refractivity contribution in [2.75, 3.05) is 99.7 Å². The number of hydrogen-bond donors (Lipinski definition) is 10. The van der Waals surface area contributed by atoms with Crippen molar-refractivity contribution in [3.63, 3.8) is 0 Å². The average molecular weight is 1180 g/mol. The lowest BCUT2D eigenvalue weighted by atomic mass is 10.0. The van der Waals surface area contributed by atoms with Crippen LogP contribution in [0.5, 0.6) is 11.5 Å². The second-order valence-corrected chi connectivity index (χ2v) is 21.9. The zero-order valence-electron chi connectivity index (χ0n) is 48.1. The summed E-state index contributed by atoms with van der Waals surface area (Å²) in [5, 5.41) is 46.3. The third kappa shape index (κ3) is 23.5. The number of carbonyl (C=O) groups is 4. The number of benzene rings is 2. The average Bonchev–Trinajstić information content (AvgIpc) is 3.95. The quantitative estimate of drug-likeness (QED) is 0.0345. The van der Waals surface area contributed by atoms with Crippen molar-refractivity contribution in [3.8, 4) is 11.5 Å². The van der Waals surface area contributed by atoms with Crippen LogP contribution in [0.2, 0.25) is 10.0 Å².